The fraction of sp³-hybridized carbons (Fsp3) is 0.0500. The average molecular weight is 480 g/mol. The Bertz CT molecular complexity index is 1310. The molecule has 0 unspecified atom stereocenters. The van der Waals surface area contributed by atoms with Gasteiger partial charge in [0.1, 0.15) is 11.6 Å². The monoisotopic (exact) mass is 479 g/mol. The number of hydrogen-bond donors (Lipinski definition) is 3. The summed E-state index contributed by atoms with van der Waals surface area (Å²) in [5.74, 6) is -0.743. The molecule has 0 fully saturated rings. The summed E-state index contributed by atoms with van der Waals surface area (Å²) in [5.41, 5.74) is 0.555. The Kier molecular flexibility index (Phi) is 6.77. The molecule has 0 spiro atoms. The lowest BCUT2D eigenvalue weighted by molar-refractivity contribution is -0.118. The summed E-state index contributed by atoms with van der Waals surface area (Å²) >= 11 is 0. The number of nitrogens with one attached hydrogen (secondary N) is 2. The average Bonchev–Trinajstić information content (AvgIpc) is 2.74. The molecule has 0 aromatic heterocycles. The van der Waals surface area contributed by atoms with Crippen LogP contribution in [0.1, 0.15) is 0 Å². The van der Waals surface area contributed by atoms with Crippen LogP contribution in [0.15, 0.2) is 82.6 Å². The number of benzene rings is 3. The van der Waals surface area contributed by atoms with E-state index in [0.29, 0.717) is 5.69 Å². The van der Waals surface area contributed by atoms with Crippen molar-refractivity contribution < 1.29 is 30.8 Å². The molecule has 3 rings (SSSR count). The van der Waals surface area contributed by atoms with Gasteiger partial charge in [-0.2, -0.15) is 0 Å². The summed E-state index contributed by atoms with van der Waals surface area (Å²) in [6.45, 7) is -0.364. The van der Waals surface area contributed by atoms with Gasteiger partial charge in [-0.1, -0.05) is 0 Å². The van der Waals surface area contributed by atoms with Gasteiger partial charge in [-0.15, -0.1) is 0 Å². The predicted molar refractivity (Wildman–Crippen MR) is 116 cm³/mol. The number of primary sulfonamides is 1. The highest BCUT2D eigenvalue weighted by molar-refractivity contribution is 7.92. The van der Waals surface area contributed by atoms with Crippen molar-refractivity contribution in [3.63, 3.8) is 0 Å². The standard InChI is InChI=1S/C20H18FN3O6S2/c21-14-1-3-16(4-2-14)24-32(28,29)19-11-7-17(8-12-19)30-13-20(25)23-15-5-9-18(10-6-15)31(22,26)27/h1-12,24H,13H2,(H,23,25)(H2,22,26,27). The minimum atomic E-state index is -3.89. The molecule has 4 N–H and O–H groups in total. The SMILES string of the molecule is NS(=O)(=O)c1ccc(NC(=O)COc2ccc(S(=O)(=O)Nc3ccc(F)cc3)cc2)cc1. The summed E-state index contributed by atoms with van der Waals surface area (Å²) in [5, 5.41) is 7.54. The lowest BCUT2D eigenvalue weighted by Gasteiger charge is -2.10. The third kappa shape index (κ3) is 6.26. The van der Waals surface area contributed by atoms with Crippen molar-refractivity contribution in [3.05, 3.63) is 78.6 Å². The number of hydrogen-bond acceptors (Lipinski definition) is 6. The zero-order valence-electron chi connectivity index (χ0n) is 16.4. The molecule has 3 aromatic rings. The molecule has 1 amide bonds. The molecular weight excluding hydrogens is 461 g/mol. The third-order valence-electron chi connectivity index (χ3n) is 4.07. The normalized spacial score (nSPS) is 11.6. The summed E-state index contributed by atoms with van der Waals surface area (Å²) < 4.78 is 67.9. The first-order chi connectivity index (χ1) is 15.0. The maximum absolute atomic E-state index is 13.0. The van der Waals surface area contributed by atoms with Gasteiger partial charge in [-0.05, 0) is 72.8 Å². The van der Waals surface area contributed by atoms with E-state index >= 15 is 0 Å². The van der Waals surface area contributed by atoms with Gasteiger partial charge in [0.05, 0.1) is 9.79 Å². The Hall–Kier alpha value is -3.48. The first kappa shape index (κ1) is 23.2. The van der Waals surface area contributed by atoms with E-state index in [0.717, 1.165) is 12.1 Å². The Labute approximate surface area is 184 Å². The molecule has 0 heterocycles. The Morgan fingerprint density at radius 2 is 1.34 bits per heavy atom. The highest BCUT2D eigenvalue weighted by Gasteiger charge is 2.15. The number of sulfonamides is 2. The van der Waals surface area contributed by atoms with E-state index in [1.165, 1.54) is 60.7 Å². The van der Waals surface area contributed by atoms with Gasteiger partial charge < -0.3 is 10.1 Å². The van der Waals surface area contributed by atoms with E-state index in [1.54, 1.807) is 0 Å². The zero-order chi connectivity index (χ0) is 23.4. The summed E-state index contributed by atoms with van der Waals surface area (Å²) in [6.07, 6.45) is 0. The van der Waals surface area contributed by atoms with Gasteiger partial charge in [0.25, 0.3) is 15.9 Å². The van der Waals surface area contributed by atoms with Crippen LogP contribution in [0.5, 0.6) is 5.75 Å². The maximum atomic E-state index is 13.0. The number of carbonyl (C=O) groups excluding carboxylic acids is 1. The minimum absolute atomic E-state index is 0.0476. The number of carbonyl (C=O) groups is 1. The Morgan fingerprint density at radius 3 is 1.91 bits per heavy atom. The quantitative estimate of drug-likeness (QED) is 0.452. The molecule has 0 saturated carbocycles. The van der Waals surface area contributed by atoms with E-state index in [4.69, 9.17) is 9.88 Å². The molecule has 0 aliphatic rings. The molecule has 0 bridgehead atoms. The van der Waals surface area contributed by atoms with Crippen molar-refractivity contribution >= 4 is 37.3 Å². The molecule has 168 valence electrons. The second-order valence-electron chi connectivity index (χ2n) is 6.49. The number of nitrogens with two attached hydrogens (primary N) is 1. The molecule has 0 atom stereocenters. The van der Waals surface area contributed by atoms with Gasteiger partial charge >= 0.3 is 0 Å². The molecule has 0 aliphatic carbocycles. The van der Waals surface area contributed by atoms with Crippen molar-refractivity contribution in [2.75, 3.05) is 16.6 Å². The van der Waals surface area contributed by atoms with Crippen LogP contribution >= 0.6 is 0 Å². The van der Waals surface area contributed by atoms with E-state index in [1.807, 2.05) is 0 Å². The Balaban J connectivity index is 1.56. The van der Waals surface area contributed by atoms with Crippen LogP contribution in [-0.4, -0.2) is 29.3 Å². The highest BCUT2D eigenvalue weighted by Crippen LogP contribution is 2.20. The van der Waals surface area contributed by atoms with Crippen molar-refractivity contribution in [2.45, 2.75) is 9.79 Å². The fourth-order valence-corrected chi connectivity index (χ4v) is 4.09. The zero-order valence-corrected chi connectivity index (χ0v) is 18.0. The van der Waals surface area contributed by atoms with E-state index in [-0.39, 0.29) is 27.8 Å². The topological polar surface area (TPSA) is 145 Å². The second-order valence-corrected chi connectivity index (χ2v) is 9.73. The number of anilines is 2. The molecule has 0 aliphatic heterocycles. The number of amides is 1. The van der Waals surface area contributed by atoms with Gasteiger partial charge in [-0.3, -0.25) is 9.52 Å². The van der Waals surface area contributed by atoms with Gasteiger partial charge in [0.15, 0.2) is 6.61 Å². The van der Waals surface area contributed by atoms with E-state index < -0.39 is 31.8 Å². The number of ether oxygens (including phenoxy) is 1. The molecular formula is C20H18FN3O6S2. The second kappa shape index (κ2) is 9.34. The molecule has 0 radical (unpaired) electrons. The maximum Gasteiger partial charge on any atom is 0.262 e. The van der Waals surface area contributed by atoms with Crippen LogP contribution in [0.2, 0.25) is 0 Å². The summed E-state index contributed by atoms with van der Waals surface area (Å²) in [4.78, 5) is 11.9. The van der Waals surface area contributed by atoms with Crippen LogP contribution < -0.4 is 19.9 Å². The first-order valence-electron chi connectivity index (χ1n) is 8.97. The number of rotatable bonds is 8. The molecule has 0 saturated heterocycles. The van der Waals surface area contributed by atoms with Crippen LogP contribution in [-0.2, 0) is 24.8 Å². The largest absolute Gasteiger partial charge is 0.484 e. The van der Waals surface area contributed by atoms with Crippen LogP contribution in [0, 0.1) is 5.82 Å². The minimum Gasteiger partial charge on any atom is -0.484 e. The number of halogens is 1. The smallest absolute Gasteiger partial charge is 0.262 e. The summed E-state index contributed by atoms with van der Waals surface area (Å²) in [6, 6.07) is 15.5. The van der Waals surface area contributed by atoms with Gasteiger partial charge in [0.2, 0.25) is 10.0 Å². The van der Waals surface area contributed by atoms with Crippen molar-refractivity contribution in [1.82, 2.24) is 0 Å². The van der Waals surface area contributed by atoms with Gasteiger partial charge in [-0.25, -0.2) is 26.4 Å². The molecule has 12 heteroatoms. The third-order valence-corrected chi connectivity index (χ3v) is 6.39. The molecule has 9 nitrogen and oxygen atoms in total. The van der Waals surface area contributed by atoms with Crippen LogP contribution in [0.3, 0.4) is 0 Å². The first-order valence-corrected chi connectivity index (χ1v) is 12.0. The van der Waals surface area contributed by atoms with E-state index in [2.05, 4.69) is 10.0 Å². The lowest BCUT2D eigenvalue weighted by Crippen LogP contribution is -2.20. The summed E-state index contributed by atoms with van der Waals surface area (Å²) in [7, 11) is -7.72. The molecule has 32 heavy (non-hydrogen) atoms. The predicted octanol–water partition coefficient (Wildman–Crippen LogP) is 2.29. The molecule has 3 aromatic carbocycles. The lowest BCUT2D eigenvalue weighted by atomic mass is 10.3. The van der Waals surface area contributed by atoms with Crippen molar-refractivity contribution in [2.24, 2.45) is 5.14 Å². The van der Waals surface area contributed by atoms with Crippen LogP contribution in [0.4, 0.5) is 15.8 Å². The highest BCUT2D eigenvalue weighted by atomic mass is 32.2. The fourth-order valence-electron chi connectivity index (χ4n) is 2.52. The van der Waals surface area contributed by atoms with E-state index in [9.17, 15) is 26.0 Å². The van der Waals surface area contributed by atoms with Gasteiger partial charge in [0, 0.05) is 11.4 Å². The van der Waals surface area contributed by atoms with Crippen molar-refractivity contribution in [1.29, 1.82) is 0 Å². The Morgan fingerprint density at radius 1 is 0.812 bits per heavy atom. The van der Waals surface area contributed by atoms with Crippen molar-refractivity contribution in [3.8, 4) is 5.75 Å². The van der Waals surface area contributed by atoms with Crippen LogP contribution in [0.25, 0.3) is 0 Å².